The molecule has 1 aromatic carbocycles. The molecule has 0 N–H and O–H groups in total. The molecule has 3 heterocycles. The summed E-state index contributed by atoms with van der Waals surface area (Å²) in [6, 6.07) is 8.21. The van der Waals surface area contributed by atoms with Crippen molar-refractivity contribution in [3.8, 4) is 11.5 Å². The lowest BCUT2D eigenvalue weighted by molar-refractivity contribution is 0.395. The van der Waals surface area contributed by atoms with Crippen LogP contribution in [0.2, 0.25) is 0 Å². The molecule has 0 spiro atoms. The van der Waals surface area contributed by atoms with E-state index >= 15 is 0 Å². The van der Waals surface area contributed by atoms with E-state index in [2.05, 4.69) is 32.1 Å². The topological polar surface area (TPSA) is 64.8 Å². The number of benzene rings is 1. The molecule has 7 heteroatoms. The molecule has 1 fully saturated rings. The first-order valence-corrected chi connectivity index (χ1v) is 8.37. The van der Waals surface area contributed by atoms with Crippen LogP contribution in [-0.2, 0) is 0 Å². The minimum absolute atomic E-state index is 0.194. The quantitative estimate of drug-likeness (QED) is 0.728. The molecule has 0 radical (unpaired) electrons. The average molecular weight is 339 g/mol. The SMILES string of the molecule is COc1ccc(OC)c(C2CCCN2c2cc(C)nc3ncnn23)c1. The lowest BCUT2D eigenvalue weighted by Gasteiger charge is -2.28. The van der Waals surface area contributed by atoms with Gasteiger partial charge in [-0.25, -0.2) is 4.98 Å². The van der Waals surface area contributed by atoms with Crippen molar-refractivity contribution in [1.29, 1.82) is 0 Å². The van der Waals surface area contributed by atoms with Crippen molar-refractivity contribution in [3.05, 3.63) is 41.9 Å². The number of anilines is 1. The lowest BCUT2D eigenvalue weighted by Crippen LogP contribution is -2.25. The summed E-state index contributed by atoms with van der Waals surface area (Å²) in [4.78, 5) is 11.0. The van der Waals surface area contributed by atoms with E-state index in [0.717, 1.165) is 48.0 Å². The number of ether oxygens (including phenoxy) is 2. The van der Waals surface area contributed by atoms with Crippen LogP contribution in [0.25, 0.3) is 5.78 Å². The van der Waals surface area contributed by atoms with Crippen molar-refractivity contribution in [2.24, 2.45) is 0 Å². The zero-order valence-electron chi connectivity index (χ0n) is 14.6. The second-order valence-electron chi connectivity index (χ2n) is 6.19. The molecule has 1 atom stereocenters. The maximum atomic E-state index is 5.61. The third kappa shape index (κ3) is 2.65. The summed E-state index contributed by atoms with van der Waals surface area (Å²) in [7, 11) is 3.39. The van der Waals surface area contributed by atoms with Crippen molar-refractivity contribution in [2.45, 2.75) is 25.8 Å². The molecule has 0 saturated carbocycles. The molecular formula is C18H21N5O2. The van der Waals surface area contributed by atoms with Crippen molar-refractivity contribution < 1.29 is 9.47 Å². The summed E-state index contributed by atoms with van der Waals surface area (Å²) in [5, 5.41) is 4.35. The highest BCUT2D eigenvalue weighted by Crippen LogP contribution is 2.41. The van der Waals surface area contributed by atoms with E-state index in [4.69, 9.17) is 9.47 Å². The van der Waals surface area contributed by atoms with Gasteiger partial charge in [0.2, 0.25) is 0 Å². The second-order valence-corrected chi connectivity index (χ2v) is 6.19. The van der Waals surface area contributed by atoms with Gasteiger partial charge in [-0.2, -0.15) is 14.6 Å². The largest absolute Gasteiger partial charge is 0.497 e. The Kier molecular flexibility index (Phi) is 3.91. The van der Waals surface area contributed by atoms with Crippen molar-refractivity contribution in [2.75, 3.05) is 25.7 Å². The summed E-state index contributed by atoms with van der Waals surface area (Å²) < 4.78 is 12.8. The maximum absolute atomic E-state index is 5.61. The molecule has 0 aliphatic carbocycles. The summed E-state index contributed by atoms with van der Waals surface area (Å²) in [5.41, 5.74) is 2.06. The van der Waals surface area contributed by atoms with Gasteiger partial charge >= 0.3 is 0 Å². The maximum Gasteiger partial charge on any atom is 0.254 e. The Morgan fingerprint density at radius 3 is 2.84 bits per heavy atom. The zero-order chi connectivity index (χ0) is 17.4. The fourth-order valence-electron chi connectivity index (χ4n) is 3.58. The summed E-state index contributed by atoms with van der Waals surface area (Å²) in [5.74, 6) is 3.34. The smallest absolute Gasteiger partial charge is 0.254 e. The van der Waals surface area contributed by atoms with Crippen molar-refractivity contribution >= 4 is 11.6 Å². The Morgan fingerprint density at radius 2 is 2.04 bits per heavy atom. The molecular weight excluding hydrogens is 318 g/mol. The second kappa shape index (κ2) is 6.23. The fraction of sp³-hybridized carbons (Fsp3) is 0.389. The first kappa shape index (κ1) is 15.7. The predicted octanol–water partition coefficient (Wildman–Crippen LogP) is 2.79. The van der Waals surface area contributed by atoms with Gasteiger partial charge in [0, 0.05) is 23.9 Å². The highest BCUT2D eigenvalue weighted by atomic mass is 16.5. The third-order valence-electron chi connectivity index (χ3n) is 4.70. The monoisotopic (exact) mass is 339 g/mol. The highest BCUT2D eigenvalue weighted by Gasteiger charge is 2.31. The molecule has 0 bridgehead atoms. The van der Waals surface area contributed by atoms with E-state index in [0.29, 0.717) is 5.78 Å². The van der Waals surface area contributed by atoms with Gasteiger partial charge in [-0.3, -0.25) is 0 Å². The summed E-state index contributed by atoms with van der Waals surface area (Å²) in [6.45, 7) is 2.93. The first-order chi connectivity index (χ1) is 12.2. The van der Waals surface area contributed by atoms with E-state index < -0.39 is 0 Å². The van der Waals surface area contributed by atoms with Gasteiger partial charge in [-0.05, 0) is 38.0 Å². The van der Waals surface area contributed by atoms with Crippen LogP contribution in [0.5, 0.6) is 11.5 Å². The normalized spacial score (nSPS) is 17.2. The van der Waals surface area contributed by atoms with Gasteiger partial charge in [-0.1, -0.05) is 0 Å². The van der Waals surface area contributed by atoms with Gasteiger partial charge < -0.3 is 14.4 Å². The number of hydrogen-bond acceptors (Lipinski definition) is 6. The summed E-state index contributed by atoms with van der Waals surface area (Å²) in [6.07, 6.45) is 3.69. The van der Waals surface area contributed by atoms with Crippen LogP contribution < -0.4 is 14.4 Å². The summed E-state index contributed by atoms with van der Waals surface area (Å²) >= 11 is 0. The van der Waals surface area contributed by atoms with E-state index in [1.165, 1.54) is 0 Å². The van der Waals surface area contributed by atoms with Gasteiger partial charge in [-0.15, -0.1) is 0 Å². The van der Waals surface area contributed by atoms with E-state index in [1.807, 2.05) is 19.1 Å². The number of aromatic nitrogens is 4. The molecule has 3 aromatic rings. The van der Waals surface area contributed by atoms with Crippen LogP contribution in [-0.4, -0.2) is 40.3 Å². The standard InChI is InChI=1S/C18H21N5O2/c1-12-9-17(23-18(21-12)19-11-20-23)22-8-4-5-15(22)14-10-13(24-2)6-7-16(14)25-3/h6-7,9-11,15H,4-5,8H2,1-3H3. The number of methoxy groups -OCH3 is 2. The molecule has 7 nitrogen and oxygen atoms in total. The van der Waals surface area contributed by atoms with Gasteiger partial charge in [0.05, 0.1) is 20.3 Å². The Morgan fingerprint density at radius 1 is 1.16 bits per heavy atom. The van der Waals surface area contributed by atoms with Crippen LogP contribution in [0.15, 0.2) is 30.6 Å². The number of rotatable bonds is 4. The lowest BCUT2D eigenvalue weighted by atomic mass is 10.0. The predicted molar refractivity (Wildman–Crippen MR) is 94.4 cm³/mol. The molecule has 25 heavy (non-hydrogen) atoms. The van der Waals surface area contributed by atoms with Crippen LogP contribution in [0.1, 0.15) is 30.1 Å². The zero-order valence-corrected chi connectivity index (χ0v) is 14.6. The van der Waals surface area contributed by atoms with E-state index in [-0.39, 0.29) is 6.04 Å². The first-order valence-electron chi connectivity index (χ1n) is 8.37. The Labute approximate surface area is 146 Å². The molecule has 130 valence electrons. The van der Waals surface area contributed by atoms with Gasteiger partial charge in [0.25, 0.3) is 5.78 Å². The van der Waals surface area contributed by atoms with Crippen LogP contribution in [0.4, 0.5) is 5.82 Å². The Balaban J connectivity index is 1.82. The molecule has 1 unspecified atom stereocenters. The third-order valence-corrected chi connectivity index (χ3v) is 4.70. The van der Waals surface area contributed by atoms with Crippen LogP contribution >= 0.6 is 0 Å². The number of fused-ring (bicyclic) bond motifs is 1. The average Bonchev–Trinajstić information content (AvgIpc) is 3.29. The van der Waals surface area contributed by atoms with E-state index in [9.17, 15) is 0 Å². The molecule has 4 rings (SSSR count). The van der Waals surface area contributed by atoms with Crippen LogP contribution in [0.3, 0.4) is 0 Å². The van der Waals surface area contributed by atoms with Crippen molar-refractivity contribution in [1.82, 2.24) is 19.6 Å². The molecule has 2 aromatic heterocycles. The molecule has 1 saturated heterocycles. The molecule has 0 amide bonds. The van der Waals surface area contributed by atoms with Crippen LogP contribution in [0, 0.1) is 6.92 Å². The van der Waals surface area contributed by atoms with E-state index in [1.54, 1.807) is 25.1 Å². The highest BCUT2D eigenvalue weighted by molar-refractivity contribution is 5.53. The van der Waals surface area contributed by atoms with Crippen molar-refractivity contribution in [3.63, 3.8) is 0 Å². The Bertz CT molecular complexity index is 908. The van der Waals surface area contributed by atoms with Gasteiger partial charge in [0.15, 0.2) is 0 Å². The molecule has 1 aliphatic heterocycles. The number of nitrogens with zero attached hydrogens (tertiary/aromatic N) is 5. The minimum Gasteiger partial charge on any atom is -0.497 e. The minimum atomic E-state index is 0.194. The van der Waals surface area contributed by atoms with Gasteiger partial charge in [0.1, 0.15) is 23.6 Å². The molecule has 1 aliphatic rings. The Hall–Kier alpha value is -2.83. The fourth-order valence-corrected chi connectivity index (χ4v) is 3.58. The number of aryl methyl sites for hydroxylation is 1. The number of hydrogen-bond donors (Lipinski definition) is 0.